The van der Waals surface area contributed by atoms with E-state index in [1.54, 1.807) is 12.4 Å². The quantitative estimate of drug-likeness (QED) is 0.190. The molecule has 3 aliphatic rings. The summed E-state index contributed by atoms with van der Waals surface area (Å²) in [6.07, 6.45) is 15.9. The van der Waals surface area contributed by atoms with Crippen molar-refractivity contribution in [3.63, 3.8) is 0 Å². The summed E-state index contributed by atoms with van der Waals surface area (Å²) in [5, 5.41) is 0. The first-order valence-electron chi connectivity index (χ1n) is 15.4. The second-order valence-corrected chi connectivity index (χ2v) is 12.1. The fraction of sp³-hybridized carbons (Fsp3) is 0.0732. The molecule has 0 spiro atoms. The summed E-state index contributed by atoms with van der Waals surface area (Å²) in [6.45, 7) is 2.24. The maximum absolute atomic E-state index is 6.58. The number of ether oxygens (including phenoxy) is 1. The van der Waals surface area contributed by atoms with Crippen molar-refractivity contribution in [2.45, 2.75) is 18.4 Å². The van der Waals surface area contributed by atoms with Gasteiger partial charge in [-0.2, -0.15) is 0 Å². The molecule has 1 aliphatic carbocycles. The van der Waals surface area contributed by atoms with E-state index < -0.39 is 0 Å². The van der Waals surface area contributed by atoms with Crippen LogP contribution in [0.15, 0.2) is 146 Å². The molecule has 0 saturated heterocycles. The van der Waals surface area contributed by atoms with E-state index in [4.69, 9.17) is 14.5 Å². The summed E-state index contributed by atoms with van der Waals surface area (Å²) in [5.74, 6) is 2.28. The van der Waals surface area contributed by atoms with E-state index >= 15 is 0 Å². The van der Waals surface area contributed by atoms with E-state index in [0.29, 0.717) is 11.5 Å². The van der Waals surface area contributed by atoms with Gasteiger partial charge >= 0.3 is 0 Å². The molecule has 0 saturated carbocycles. The number of allylic oxidation sites excluding steroid dienone is 2. The minimum atomic E-state index is -0.189. The lowest BCUT2D eigenvalue weighted by Gasteiger charge is -2.26. The van der Waals surface area contributed by atoms with Crippen molar-refractivity contribution in [2.75, 3.05) is 0 Å². The first kappa shape index (κ1) is 26.5. The van der Waals surface area contributed by atoms with Crippen LogP contribution in [0.5, 0.6) is 17.2 Å². The van der Waals surface area contributed by atoms with Crippen LogP contribution in [-0.2, 0) is 5.41 Å². The highest BCUT2D eigenvalue weighted by molar-refractivity contribution is 5.88. The van der Waals surface area contributed by atoms with Gasteiger partial charge in [-0.3, -0.25) is 19.7 Å². The second kappa shape index (κ2) is 10.3. The molecule has 6 aromatic rings. The van der Waals surface area contributed by atoms with E-state index in [-0.39, 0.29) is 11.5 Å². The Labute approximate surface area is 267 Å². The van der Waals surface area contributed by atoms with Crippen LogP contribution in [0.2, 0.25) is 0 Å². The minimum Gasteiger partial charge on any atom is -0.484 e. The molecule has 0 amide bonds. The summed E-state index contributed by atoms with van der Waals surface area (Å²) in [5.41, 5.74) is 11.5. The lowest BCUT2D eigenvalue weighted by atomic mass is 9.76. The van der Waals surface area contributed by atoms with Crippen LogP contribution in [0.1, 0.15) is 12.5 Å². The number of hydrogen-bond acceptors (Lipinski definition) is 5. The molecule has 2 aliphatic heterocycles. The summed E-state index contributed by atoms with van der Waals surface area (Å²) >= 11 is 0. The highest BCUT2D eigenvalue weighted by Crippen LogP contribution is 2.51. The van der Waals surface area contributed by atoms with Crippen molar-refractivity contribution in [3.8, 4) is 72.9 Å². The fourth-order valence-corrected chi connectivity index (χ4v) is 6.82. The first-order chi connectivity index (χ1) is 22.6. The van der Waals surface area contributed by atoms with Crippen LogP contribution < -0.4 is 14.5 Å². The van der Waals surface area contributed by atoms with Crippen LogP contribution in [0.25, 0.3) is 55.6 Å². The first-order valence-corrected chi connectivity index (χ1v) is 15.4. The molecule has 2 aromatic heterocycles. The fourth-order valence-electron chi connectivity index (χ4n) is 6.82. The number of nitrogens with zero attached hydrogens (tertiary/aromatic N) is 2. The lowest BCUT2D eigenvalue weighted by molar-refractivity contribution is -0.102. The zero-order valence-corrected chi connectivity index (χ0v) is 25.1. The molecule has 5 heteroatoms. The molecule has 2 unspecified atom stereocenters. The molecular weight excluding hydrogens is 568 g/mol. The van der Waals surface area contributed by atoms with Gasteiger partial charge in [0.25, 0.3) is 0 Å². The molecule has 2 atom stereocenters. The van der Waals surface area contributed by atoms with Gasteiger partial charge in [0, 0.05) is 58.2 Å². The van der Waals surface area contributed by atoms with Gasteiger partial charge in [-0.1, -0.05) is 60.7 Å². The highest BCUT2D eigenvalue weighted by Gasteiger charge is 2.44. The molecule has 5 nitrogen and oxygen atoms in total. The van der Waals surface area contributed by atoms with E-state index in [1.165, 1.54) is 5.56 Å². The van der Waals surface area contributed by atoms with E-state index in [9.17, 15) is 0 Å². The Bertz CT molecular complexity index is 2150. The standard InChI is InChI=1S/C41H28N2O3/c1-41-16-3-2-11-39(41)44-40-33(9-4-10-36(40)41)27-13-15-38-35(23-27)34-22-26(12-14-37(34)45-46-38)30-19-31(28-7-5-17-42-24-28)21-32(20-30)29-8-6-18-43-25-29/h2-25,39H,1H3. The maximum atomic E-state index is 6.58. The molecule has 0 fully saturated rings. The summed E-state index contributed by atoms with van der Waals surface area (Å²) in [6, 6.07) is 33.6. The Balaban J connectivity index is 1.16. The number of rotatable bonds is 4. The van der Waals surface area contributed by atoms with Gasteiger partial charge in [-0.05, 0) is 95.4 Å². The van der Waals surface area contributed by atoms with E-state index in [1.807, 2.05) is 36.7 Å². The summed E-state index contributed by atoms with van der Waals surface area (Å²) in [7, 11) is 0. The zero-order chi connectivity index (χ0) is 30.7. The SMILES string of the molecule is CC12C=CC=CC1Oc1c(-c3ccc4c(c3)-c3cc(-c5cc(-c6cccnc6)cc(-c6cccnc6)c5)ccc3OO4)cccc12. The Hall–Kier alpha value is -5.94. The van der Waals surface area contributed by atoms with Crippen LogP contribution >= 0.6 is 0 Å². The zero-order valence-electron chi connectivity index (χ0n) is 25.1. The number of aromatic nitrogens is 2. The summed E-state index contributed by atoms with van der Waals surface area (Å²) < 4.78 is 6.58. The van der Waals surface area contributed by atoms with Crippen molar-refractivity contribution >= 4 is 0 Å². The predicted octanol–water partition coefficient (Wildman–Crippen LogP) is 9.64. The topological polar surface area (TPSA) is 53.5 Å². The van der Waals surface area contributed by atoms with Gasteiger partial charge in [0.1, 0.15) is 11.9 Å². The molecule has 4 aromatic carbocycles. The number of benzene rings is 4. The van der Waals surface area contributed by atoms with Gasteiger partial charge in [-0.15, -0.1) is 0 Å². The molecule has 0 radical (unpaired) electrons. The van der Waals surface area contributed by atoms with Gasteiger partial charge < -0.3 is 4.74 Å². The molecule has 4 heterocycles. The molecule has 0 bridgehead atoms. The average Bonchev–Trinajstić information content (AvgIpc) is 3.44. The Morgan fingerprint density at radius 3 is 1.85 bits per heavy atom. The molecule has 9 rings (SSSR count). The van der Waals surface area contributed by atoms with Crippen molar-refractivity contribution in [2.24, 2.45) is 0 Å². The van der Waals surface area contributed by atoms with E-state index in [2.05, 4.69) is 114 Å². The lowest BCUT2D eigenvalue weighted by Crippen LogP contribution is -2.32. The third-order valence-corrected chi connectivity index (χ3v) is 9.31. The van der Waals surface area contributed by atoms with Gasteiger partial charge in [-0.25, -0.2) is 0 Å². The molecular formula is C41H28N2O3. The third-order valence-electron chi connectivity index (χ3n) is 9.31. The van der Waals surface area contributed by atoms with Crippen LogP contribution in [0, 0.1) is 0 Å². The minimum absolute atomic E-state index is 0.0229. The Morgan fingerprint density at radius 2 is 1.20 bits per heavy atom. The predicted molar refractivity (Wildman–Crippen MR) is 181 cm³/mol. The molecule has 0 N–H and O–H groups in total. The third kappa shape index (κ3) is 4.24. The van der Waals surface area contributed by atoms with Crippen molar-refractivity contribution < 1.29 is 14.5 Å². The smallest absolute Gasteiger partial charge is 0.186 e. The second-order valence-electron chi connectivity index (χ2n) is 12.1. The van der Waals surface area contributed by atoms with Crippen LogP contribution in [0.4, 0.5) is 0 Å². The monoisotopic (exact) mass is 596 g/mol. The largest absolute Gasteiger partial charge is 0.484 e. The normalized spacial score (nSPS) is 18.3. The summed E-state index contributed by atoms with van der Waals surface area (Å²) in [4.78, 5) is 20.3. The van der Waals surface area contributed by atoms with Gasteiger partial charge in [0.15, 0.2) is 11.5 Å². The number of pyridine rings is 2. The van der Waals surface area contributed by atoms with Crippen molar-refractivity contribution in [1.29, 1.82) is 0 Å². The Kier molecular flexibility index (Phi) is 5.93. The number of hydrogen-bond donors (Lipinski definition) is 0. The maximum Gasteiger partial charge on any atom is 0.186 e. The van der Waals surface area contributed by atoms with Gasteiger partial charge in [0.05, 0.1) is 5.41 Å². The number of para-hydroxylation sites is 1. The van der Waals surface area contributed by atoms with Crippen molar-refractivity contribution in [1.82, 2.24) is 9.97 Å². The highest BCUT2D eigenvalue weighted by atomic mass is 17.2. The molecule has 220 valence electrons. The van der Waals surface area contributed by atoms with Crippen molar-refractivity contribution in [3.05, 3.63) is 152 Å². The van der Waals surface area contributed by atoms with Gasteiger partial charge in [0.2, 0.25) is 0 Å². The molecule has 46 heavy (non-hydrogen) atoms. The Morgan fingerprint density at radius 1 is 0.565 bits per heavy atom. The van der Waals surface area contributed by atoms with Crippen LogP contribution in [0.3, 0.4) is 0 Å². The van der Waals surface area contributed by atoms with E-state index in [0.717, 1.165) is 61.4 Å². The number of fused-ring (bicyclic) bond motifs is 6. The van der Waals surface area contributed by atoms with Crippen LogP contribution in [-0.4, -0.2) is 16.1 Å². The average molecular weight is 597 g/mol.